The number of rotatable bonds is 7. The van der Waals surface area contributed by atoms with Crippen LogP contribution in [0.1, 0.15) is 38.8 Å². The van der Waals surface area contributed by atoms with E-state index in [0.717, 1.165) is 5.56 Å². The number of Topliss-reactive ketones (excluding diaryl/α,β-unsaturated/α-hetero) is 1. The average Bonchev–Trinajstić information content (AvgIpc) is 3.02. The van der Waals surface area contributed by atoms with Gasteiger partial charge in [0.2, 0.25) is 0 Å². The number of ketones is 1. The molecule has 0 aliphatic heterocycles. The molecule has 3 rings (SSSR count). The number of benzene rings is 2. The van der Waals surface area contributed by atoms with Crippen molar-refractivity contribution in [2.75, 3.05) is 19.4 Å². The Morgan fingerprint density at radius 1 is 1.20 bits per heavy atom. The summed E-state index contributed by atoms with van der Waals surface area (Å²) in [6.45, 7) is 2.02. The first kappa shape index (κ1) is 23.6. The van der Waals surface area contributed by atoms with E-state index in [2.05, 4.69) is 5.32 Å². The monoisotopic (exact) mass is 452 g/mol. The van der Waals surface area contributed by atoms with E-state index in [4.69, 9.17) is 0 Å². The van der Waals surface area contributed by atoms with Gasteiger partial charge in [0.25, 0.3) is 0 Å². The molecule has 0 bridgehead atoms. The van der Waals surface area contributed by atoms with Crippen molar-refractivity contribution in [3.63, 3.8) is 0 Å². The number of nitrogens with one attached hydrogen (secondary N) is 1. The molecule has 0 aliphatic carbocycles. The number of hydrogen-bond donors (Lipinski definition) is 3. The minimum absolute atomic E-state index is 0. The molecule has 6 nitrogen and oxygen atoms in total. The number of carboxylic acids is 1. The van der Waals surface area contributed by atoms with Crippen molar-refractivity contribution in [1.82, 2.24) is 4.90 Å². The summed E-state index contributed by atoms with van der Waals surface area (Å²) in [5.41, 5.74) is 1.52. The predicted molar refractivity (Wildman–Crippen MR) is 119 cm³/mol. The number of anilines is 1. The lowest BCUT2D eigenvalue weighted by Crippen LogP contribution is -2.11. The molecule has 2 aromatic carbocycles. The smallest absolute Gasteiger partial charge is 0.339 e. The third kappa shape index (κ3) is 4.72. The molecule has 0 amide bonds. The summed E-state index contributed by atoms with van der Waals surface area (Å²) in [7, 11) is 3.67. The Balaban J connectivity index is 0.00000320. The maximum absolute atomic E-state index is 13.1. The standard InChI is InChI=1S/C21H21FN2O4S.ClH/c1-11(25)14-8-16(26)15(10-24(2)3)19-17(14)18(21(27)28)20(29-19)23-9-12-4-6-13(22)7-5-12;/h4-8,23,26H,9-10H2,1-3H3,(H,27,28);1H. The lowest BCUT2D eigenvalue weighted by molar-refractivity contribution is 0.0700. The minimum atomic E-state index is -1.16. The van der Waals surface area contributed by atoms with Crippen LogP contribution in [0.4, 0.5) is 9.39 Å². The number of nitrogens with zero attached hydrogens (tertiary/aromatic N) is 1. The number of phenolic OH excluding ortho intramolecular Hbond substituents is 1. The second-order valence-electron chi connectivity index (χ2n) is 7.01. The summed E-state index contributed by atoms with van der Waals surface area (Å²) >= 11 is 1.18. The summed E-state index contributed by atoms with van der Waals surface area (Å²) in [4.78, 5) is 26.1. The van der Waals surface area contributed by atoms with Crippen molar-refractivity contribution in [2.24, 2.45) is 0 Å². The van der Waals surface area contributed by atoms with Gasteiger partial charge in [-0.25, -0.2) is 9.18 Å². The Labute approximate surface area is 183 Å². The fourth-order valence-corrected chi connectivity index (χ4v) is 4.42. The van der Waals surface area contributed by atoms with E-state index in [1.807, 2.05) is 19.0 Å². The van der Waals surface area contributed by atoms with Crippen LogP contribution in [0, 0.1) is 5.82 Å². The van der Waals surface area contributed by atoms with Gasteiger partial charge in [0.15, 0.2) is 5.78 Å². The van der Waals surface area contributed by atoms with Gasteiger partial charge in [-0.2, -0.15) is 0 Å². The van der Waals surface area contributed by atoms with Crippen LogP contribution in [0.5, 0.6) is 5.75 Å². The first-order valence-electron chi connectivity index (χ1n) is 8.87. The second-order valence-corrected chi connectivity index (χ2v) is 8.03. The fourth-order valence-electron chi connectivity index (χ4n) is 3.17. The van der Waals surface area contributed by atoms with Crippen LogP contribution in [0.15, 0.2) is 30.3 Å². The Kier molecular flexibility index (Phi) is 7.41. The van der Waals surface area contributed by atoms with Gasteiger partial charge in [-0.1, -0.05) is 12.1 Å². The van der Waals surface area contributed by atoms with E-state index in [1.165, 1.54) is 36.5 Å². The number of carbonyl (C=O) groups excluding carboxylic acids is 1. The Hall–Kier alpha value is -2.68. The average molecular weight is 453 g/mol. The highest BCUT2D eigenvalue weighted by Crippen LogP contribution is 2.43. The minimum Gasteiger partial charge on any atom is -0.508 e. The molecule has 0 fully saturated rings. The van der Waals surface area contributed by atoms with Crippen molar-refractivity contribution in [1.29, 1.82) is 0 Å². The fraction of sp³-hybridized carbons (Fsp3) is 0.238. The summed E-state index contributed by atoms with van der Waals surface area (Å²) in [5.74, 6) is -1.88. The normalized spacial score (nSPS) is 10.8. The van der Waals surface area contributed by atoms with Gasteiger partial charge in [-0.05, 0) is 44.8 Å². The summed E-state index contributed by atoms with van der Waals surface area (Å²) in [5, 5.41) is 24.2. The number of carboxylic acid groups (broad SMARTS) is 1. The third-order valence-electron chi connectivity index (χ3n) is 4.48. The lowest BCUT2D eigenvalue weighted by Gasteiger charge is -2.14. The molecule has 160 valence electrons. The van der Waals surface area contributed by atoms with Crippen molar-refractivity contribution >= 4 is 50.6 Å². The molecule has 0 radical (unpaired) electrons. The molecule has 0 aliphatic rings. The number of hydrogen-bond acceptors (Lipinski definition) is 6. The number of aromatic hydroxyl groups is 1. The number of fused-ring (bicyclic) bond motifs is 1. The van der Waals surface area contributed by atoms with Gasteiger partial charge in [-0.3, -0.25) is 4.79 Å². The van der Waals surface area contributed by atoms with Crippen LogP contribution >= 0.6 is 23.7 Å². The Morgan fingerprint density at radius 3 is 2.37 bits per heavy atom. The van der Waals surface area contributed by atoms with Crippen LogP contribution in [0.2, 0.25) is 0 Å². The number of phenols is 1. The van der Waals surface area contributed by atoms with Crippen LogP contribution in [0.25, 0.3) is 10.1 Å². The van der Waals surface area contributed by atoms with Crippen LogP contribution in [-0.4, -0.2) is 41.0 Å². The molecule has 0 spiro atoms. The molecule has 0 saturated heterocycles. The number of halogens is 2. The maximum atomic E-state index is 13.1. The summed E-state index contributed by atoms with van der Waals surface area (Å²) in [6.07, 6.45) is 0. The molecule has 3 aromatic rings. The zero-order chi connectivity index (χ0) is 21.3. The molecule has 0 unspecified atom stereocenters. The van der Waals surface area contributed by atoms with Crippen molar-refractivity contribution in [3.8, 4) is 5.75 Å². The highest BCUT2D eigenvalue weighted by atomic mass is 35.5. The van der Waals surface area contributed by atoms with Crippen molar-refractivity contribution < 1.29 is 24.2 Å². The topological polar surface area (TPSA) is 89.9 Å². The van der Waals surface area contributed by atoms with Crippen LogP contribution < -0.4 is 5.32 Å². The van der Waals surface area contributed by atoms with Gasteiger partial charge in [0.1, 0.15) is 22.1 Å². The summed E-state index contributed by atoms with van der Waals surface area (Å²) < 4.78 is 13.7. The first-order chi connectivity index (χ1) is 13.7. The van der Waals surface area contributed by atoms with Gasteiger partial charge < -0.3 is 20.4 Å². The number of carbonyl (C=O) groups is 2. The van der Waals surface area contributed by atoms with Gasteiger partial charge in [-0.15, -0.1) is 23.7 Å². The van der Waals surface area contributed by atoms with E-state index >= 15 is 0 Å². The Bertz CT molecular complexity index is 1100. The third-order valence-corrected chi connectivity index (χ3v) is 5.68. The van der Waals surface area contributed by atoms with E-state index in [-0.39, 0.29) is 47.4 Å². The molecule has 1 aromatic heterocycles. The van der Waals surface area contributed by atoms with Gasteiger partial charge in [0.05, 0.1) is 0 Å². The quantitative estimate of drug-likeness (QED) is 0.448. The van der Waals surface area contributed by atoms with E-state index in [1.54, 1.807) is 12.1 Å². The van der Waals surface area contributed by atoms with Crippen LogP contribution in [0.3, 0.4) is 0 Å². The summed E-state index contributed by atoms with van der Waals surface area (Å²) in [6, 6.07) is 7.23. The molecule has 9 heteroatoms. The zero-order valence-corrected chi connectivity index (χ0v) is 18.3. The van der Waals surface area contributed by atoms with Crippen molar-refractivity contribution in [2.45, 2.75) is 20.0 Å². The molecular weight excluding hydrogens is 431 g/mol. The van der Waals surface area contributed by atoms with E-state index in [9.17, 15) is 24.2 Å². The van der Waals surface area contributed by atoms with Crippen molar-refractivity contribution in [3.05, 3.63) is 58.4 Å². The zero-order valence-electron chi connectivity index (χ0n) is 16.7. The molecular formula is C21H22ClFN2O4S. The van der Waals surface area contributed by atoms with E-state index < -0.39 is 5.97 Å². The lowest BCUT2D eigenvalue weighted by atomic mass is 9.99. The van der Waals surface area contributed by atoms with Gasteiger partial charge in [0, 0.05) is 34.3 Å². The Morgan fingerprint density at radius 2 is 1.83 bits per heavy atom. The number of aromatic carboxylic acids is 1. The molecule has 0 saturated carbocycles. The van der Waals surface area contributed by atoms with E-state index in [0.29, 0.717) is 27.2 Å². The molecule has 1 heterocycles. The molecule has 30 heavy (non-hydrogen) atoms. The largest absolute Gasteiger partial charge is 0.508 e. The van der Waals surface area contributed by atoms with Crippen LogP contribution in [-0.2, 0) is 13.1 Å². The van der Waals surface area contributed by atoms with Gasteiger partial charge >= 0.3 is 5.97 Å². The maximum Gasteiger partial charge on any atom is 0.339 e. The first-order valence-corrected chi connectivity index (χ1v) is 9.69. The highest BCUT2D eigenvalue weighted by Gasteiger charge is 2.26. The second kappa shape index (κ2) is 9.42. The predicted octanol–water partition coefficient (Wildman–Crippen LogP) is 4.74. The molecule has 0 atom stereocenters. The number of thiophene rings is 1. The highest BCUT2D eigenvalue weighted by molar-refractivity contribution is 7.23. The SMILES string of the molecule is CC(=O)c1cc(O)c(CN(C)C)c2sc(NCc3ccc(F)cc3)c(C(=O)O)c12.Cl. The molecule has 3 N–H and O–H groups in total.